The number of Topliss-reactive ketones (excluding diaryl/α,β-unsaturated/α-hetero) is 1. The zero-order valence-electron chi connectivity index (χ0n) is 11.2. The Morgan fingerprint density at radius 1 is 0.667 bits per heavy atom. The van der Waals surface area contributed by atoms with Crippen LogP contribution in [0.15, 0.2) is 0 Å². The van der Waals surface area contributed by atoms with E-state index in [0.717, 1.165) is 44.9 Å². The number of hydrogen-bond donors (Lipinski definition) is 2. The number of rotatable bonds is 13. The number of aliphatic carboxylic acids is 1. The third-order valence-electron chi connectivity index (χ3n) is 2.96. The van der Waals surface area contributed by atoms with Crippen molar-refractivity contribution in [3.8, 4) is 0 Å². The van der Waals surface area contributed by atoms with Crippen LogP contribution >= 0.6 is 0 Å². The molecule has 106 valence electrons. The number of aliphatic hydroxyl groups excluding tert-OH is 1. The minimum Gasteiger partial charge on any atom is -0.481 e. The fourth-order valence-electron chi connectivity index (χ4n) is 1.88. The number of aliphatic hydroxyl groups is 1. The quantitative estimate of drug-likeness (QED) is 0.498. The normalized spacial score (nSPS) is 10.5. The maximum atomic E-state index is 11.3. The second-order valence-electron chi connectivity index (χ2n) is 4.73. The molecule has 0 aliphatic carbocycles. The van der Waals surface area contributed by atoms with Crippen molar-refractivity contribution in [2.45, 2.75) is 70.6 Å². The Morgan fingerprint density at radius 2 is 1.11 bits per heavy atom. The molecule has 0 rings (SSSR count). The largest absolute Gasteiger partial charge is 0.481 e. The van der Waals surface area contributed by atoms with Crippen LogP contribution in [-0.4, -0.2) is 28.6 Å². The molecule has 0 bridgehead atoms. The molecule has 0 aromatic heterocycles. The van der Waals surface area contributed by atoms with Crippen LogP contribution in [0, 0.1) is 0 Å². The second-order valence-corrected chi connectivity index (χ2v) is 4.73. The monoisotopic (exact) mass is 258 g/mol. The van der Waals surface area contributed by atoms with Gasteiger partial charge in [-0.2, -0.15) is 0 Å². The van der Waals surface area contributed by atoms with Crippen molar-refractivity contribution in [2.75, 3.05) is 6.61 Å². The van der Waals surface area contributed by atoms with Crippen LogP contribution in [0.2, 0.25) is 0 Å². The van der Waals surface area contributed by atoms with Crippen LogP contribution in [0.1, 0.15) is 70.6 Å². The zero-order chi connectivity index (χ0) is 13.6. The Morgan fingerprint density at radius 3 is 1.61 bits per heavy atom. The Hall–Kier alpha value is -0.900. The van der Waals surface area contributed by atoms with Gasteiger partial charge in [0.2, 0.25) is 0 Å². The van der Waals surface area contributed by atoms with Crippen LogP contribution in [0.4, 0.5) is 0 Å². The van der Waals surface area contributed by atoms with E-state index in [1.165, 1.54) is 0 Å². The summed E-state index contributed by atoms with van der Waals surface area (Å²) in [5, 5.41) is 17.0. The van der Waals surface area contributed by atoms with Gasteiger partial charge < -0.3 is 10.2 Å². The second kappa shape index (κ2) is 12.6. The average molecular weight is 258 g/mol. The van der Waals surface area contributed by atoms with E-state index in [1.807, 2.05) is 0 Å². The lowest BCUT2D eigenvalue weighted by molar-refractivity contribution is -0.137. The van der Waals surface area contributed by atoms with Crippen LogP contribution < -0.4 is 0 Å². The Labute approximate surface area is 109 Å². The summed E-state index contributed by atoms with van der Waals surface area (Å²) in [7, 11) is 0. The van der Waals surface area contributed by atoms with Gasteiger partial charge in [-0.25, -0.2) is 0 Å². The molecule has 0 amide bonds. The lowest BCUT2D eigenvalue weighted by Gasteiger charge is -2.01. The van der Waals surface area contributed by atoms with Crippen LogP contribution in [0.25, 0.3) is 0 Å². The van der Waals surface area contributed by atoms with E-state index < -0.39 is 5.97 Å². The molecule has 0 aromatic carbocycles. The van der Waals surface area contributed by atoms with Crippen molar-refractivity contribution in [3.05, 3.63) is 0 Å². The van der Waals surface area contributed by atoms with E-state index in [4.69, 9.17) is 10.2 Å². The van der Waals surface area contributed by atoms with Crippen molar-refractivity contribution >= 4 is 11.8 Å². The molecule has 0 atom stereocenters. The van der Waals surface area contributed by atoms with Crippen molar-refractivity contribution in [1.29, 1.82) is 0 Å². The topological polar surface area (TPSA) is 74.6 Å². The standard InChI is InChI=1S/C14H26O4/c15-12-8-10-13(16)9-6-4-2-1-3-5-7-11-14(17)18/h15H,1-12H2,(H,17,18). The third kappa shape index (κ3) is 13.2. The highest BCUT2D eigenvalue weighted by Crippen LogP contribution is 2.10. The first-order chi connectivity index (χ1) is 8.66. The first-order valence-electron chi connectivity index (χ1n) is 7.01. The highest BCUT2D eigenvalue weighted by atomic mass is 16.4. The smallest absolute Gasteiger partial charge is 0.303 e. The highest BCUT2D eigenvalue weighted by molar-refractivity contribution is 5.78. The summed E-state index contributed by atoms with van der Waals surface area (Å²) < 4.78 is 0. The molecule has 2 N–H and O–H groups in total. The predicted molar refractivity (Wildman–Crippen MR) is 70.5 cm³/mol. The molecular formula is C14H26O4. The molecule has 0 fully saturated rings. The lowest BCUT2D eigenvalue weighted by Crippen LogP contribution is -1.99. The molecule has 0 aliphatic rings. The van der Waals surface area contributed by atoms with Crippen molar-refractivity contribution in [3.63, 3.8) is 0 Å². The van der Waals surface area contributed by atoms with Gasteiger partial charge in [0.25, 0.3) is 0 Å². The van der Waals surface area contributed by atoms with Crippen molar-refractivity contribution in [2.24, 2.45) is 0 Å². The van der Waals surface area contributed by atoms with Gasteiger partial charge in [-0.3, -0.25) is 9.59 Å². The number of unbranched alkanes of at least 4 members (excludes halogenated alkanes) is 6. The predicted octanol–water partition coefficient (Wildman–Crippen LogP) is 2.92. The fourth-order valence-corrected chi connectivity index (χ4v) is 1.88. The molecule has 18 heavy (non-hydrogen) atoms. The lowest BCUT2D eigenvalue weighted by atomic mass is 10.0. The van der Waals surface area contributed by atoms with Gasteiger partial charge >= 0.3 is 5.97 Å². The van der Waals surface area contributed by atoms with Gasteiger partial charge in [0.15, 0.2) is 0 Å². The molecule has 0 saturated carbocycles. The minimum atomic E-state index is -0.712. The van der Waals surface area contributed by atoms with Gasteiger partial charge in [-0.15, -0.1) is 0 Å². The summed E-state index contributed by atoms with van der Waals surface area (Å²) in [4.78, 5) is 21.5. The van der Waals surface area contributed by atoms with Gasteiger partial charge in [0, 0.05) is 25.9 Å². The highest BCUT2D eigenvalue weighted by Gasteiger charge is 2.01. The molecule has 4 heteroatoms. The number of carboxylic acid groups (broad SMARTS) is 1. The molecule has 0 aliphatic heterocycles. The van der Waals surface area contributed by atoms with Crippen LogP contribution in [-0.2, 0) is 9.59 Å². The van der Waals surface area contributed by atoms with E-state index in [0.29, 0.717) is 19.3 Å². The molecule has 0 spiro atoms. The van der Waals surface area contributed by atoms with Crippen LogP contribution in [0.5, 0.6) is 0 Å². The first kappa shape index (κ1) is 17.1. The summed E-state index contributed by atoms with van der Waals surface area (Å²) in [5.74, 6) is -0.457. The number of carboxylic acids is 1. The van der Waals surface area contributed by atoms with E-state index >= 15 is 0 Å². The number of carbonyl (C=O) groups is 2. The molecule has 0 saturated heterocycles. The van der Waals surface area contributed by atoms with Gasteiger partial charge in [-0.1, -0.05) is 32.1 Å². The number of hydrogen-bond acceptors (Lipinski definition) is 3. The van der Waals surface area contributed by atoms with E-state index in [9.17, 15) is 9.59 Å². The minimum absolute atomic E-state index is 0.0993. The van der Waals surface area contributed by atoms with E-state index in [2.05, 4.69) is 0 Å². The van der Waals surface area contributed by atoms with Gasteiger partial charge in [0.05, 0.1) is 0 Å². The number of ketones is 1. The van der Waals surface area contributed by atoms with Crippen LogP contribution in [0.3, 0.4) is 0 Å². The molecule has 0 heterocycles. The van der Waals surface area contributed by atoms with Crippen molar-refractivity contribution in [1.82, 2.24) is 0 Å². The van der Waals surface area contributed by atoms with E-state index in [1.54, 1.807) is 0 Å². The maximum Gasteiger partial charge on any atom is 0.303 e. The molecule has 0 radical (unpaired) electrons. The summed E-state index contributed by atoms with van der Waals surface area (Å²) in [6.07, 6.45) is 9.13. The molecule has 0 aromatic rings. The molecule has 4 nitrogen and oxygen atoms in total. The summed E-state index contributed by atoms with van der Waals surface area (Å²) in [6.45, 7) is 0.0993. The first-order valence-corrected chi connectivity index (χ1v) is 7.01. The zero-order valence-corrected chi connectivity index (χ0v) is 11.2. The van der Waals surface area contributed by atoms with Gasteiger partial charge in [0.1, 0.15) is 5.78 Å². The van der Waals surface area contributed by atoms with E-state index in [-0.39, 0.29) is 18.8 Å². The van der Waals surface area contributed by atoms with Crippen molar-refractivity contribution < 1.29 is 19.8 Å². The Kier molecular flexibility index (Phi) is 11.9. The third-order valence-corrected chi connectivity index (χ3v) is 2.96. The molecular weight excluding hydrogens is 232 g/mol. The fraction of sp³-hybridized carbons (Fsp3) is 0.857. The maximum absolute atomic E-state index is 11.3. The summed E-state index contributed by atoms with van der Waals surface area (Å²) in [5.41, 5.74) is 0. The Bertz CT molecular complexity index is 226. The molecule has 0 unspecified atom stereocenters. The van der Waals surface area contributed by atoms with Gasteiger partial charge in [-0.05, 0) is 19.3 Å². The SMILES string of the molecule is O=C(O)CCCCCCCCCC(=O)CCCO. The number of carbonyl (C=O) groups excluding carboxylic acids is 1. The average Bonchev–Trinajstić information content (AvgIpc) is 2.34. The Balaban J connectivity index is 3.11. The summed E-state index contributed by atoms with van der Waals surface area (Å²) in [6, 6.07) is 0. The summed E-state index contributed by atoms with van der Waals surface area (Å²) >= 11 is 0.